The van der Waals surface area contributed by atoms with Crippen LogP contribution in [-0.4, -0.2) is 54.7 Å². The molecule has 1 saturated heterocycles. The highest BCUT2D eigenvalue weighted by Crippen LogP contribution is 2.23. The van der Waals surface area contributed by atoms with Crippen LogP contribution in [0.15, 0.2) is 54.6 Å². The third-order valence-corrected chi connectivity index (χ3v) is 4.92. The highest BCUT2D eigenvalue weighted by Gasteiger charge is 2.26. The van der Waals surface area contributed by atoms with Crippen LogP contribution < -0.4 is 9.64 Å². The van der Waals surface area contributed by atoms with Gasteiger partial charge in [-0.1, -0.05) is 18.2 Å². The summed E-state index contributed by atoms with van der Waals surface area (Å²) in [5.41, 5.74) is 1.80. The Morgan fingerprint density at radius 1 is 1.07 bits per heavy atom. The second-order valence-corrected chi connectivity index (χ2v) is 6.68. The fourth-order valence-electron chi connectivity index (χ4n) is 3.36. The third kappa shape index (κ3) is 4.78. The lowest BCUT2D eigenvalue weighted by Crippen LogP contribution is -2.45. The number of nitrogens with zero attached hydrogens (tertiary/aromatic N) is 2. The van der Waals surface area contributed by atoms with E-state index in [0.717, 1.165) is 25.9 Å². The van der Waals surface area contributed by atoms with Gasteiger partial charge in [-0.25, -0.2) is 4.79 Å². The zero-order valence-electron chi connectivity index (χ0n) is 15.4. The van der Waals surface area contributed by atoms with Gasteiger partial charge in [0.15, 0.2) is 6.61 Å². The van der Waals surface area contributed by atoms with Crippen LogP contribution in [-0.2, 0) is 4.79 Å². The first kappa shape index (κ1) is 18.8. The first-order valence-electron chi connectivity index (χ1n) is 9.06. The molecule has 142 valence electrons. The van der Waals surface area contributed by atoms with Crippen LogP contribution in [0.2, 0.25) is 0 Å². The summed E-state index contributed by atoms with van der Waals surface area (Å²) in [6, 6.07) is 17.1. The normalized spacial score (nSPS) is 14.6. The minimum absolute atomic E-state index is 0.0297. The van der Waals surface area contributed by atoms with Crippen molar-refractivity contribution < 1.29 is 19.4 Å². The van der Waals surface area contributed by atoms with Crippen molar-refractivity contribution in [2.24, 2.45) is 0 Å². The molecule has 1 N–H and O–H groups in total. The van der Waals surface area contributed by atoms with Crippen LogP contribution >= 0.6 is 0 Å². The number of carboxylic acid groups (broad SMARTS) is 1. The van der Waals surface area contributed by atoms with Gasteiger partial charge in [-0.2, -0.15) is 0 Å². The highest BCUT2D eigenvalue weighted by atomic mass is 16.5. The van der Waals surface area contributed by atoms with Gasteiger partial charge in [-0.05, 0) is 49.2 Å². The Bertz CT molecular complexity index is 769. The number of amides is 1. The lowest BCUT2D eigenvalue weighted by molar-refractivity contribution is -0.139. The first-order valence-corrected chi connectivity index (χ1v) is 9.06. The molecule has 1 aliphatic heterocycles. The highest BCUT2D eigenvalue weighted by molar-refractivity contribution is 5.94. The molecule has 0 saturated carbocycles. The monoisotopic (exact) mass is 368 g/mol. The molecule has 27 heavy (non-hydrogen) atoms. The zero-order valence-corrected chi connectivity index (χ0v) is 15.4. The van der Waals surface area contributed by atoms with Gasteiger partial charge in [0.2, 0.25) is 0 Å². The predicted molar refractivity (Wildman–Crippen MR) is 103 cm³/mol. The van der Waals surface area contributed by atoms with Crippen LogP contribution in [0.1, 0.15) is 23.2 Å². The van der Waals surface area contributed by atoms with E-state index in [4.69, 9.17) is 9.84 Å². The molecule has 0 radical (unpaired) electrons. The Kier molecular flexibility index (Phi) is 5.96. The molecule has 1 heterocycles. The molecule has 0 bridgehead atoms. The second-order valence-electron chi connectivity index (χ2n) is 6.68. The van der Waals surface area contributed by atoms with Gasteiger partial charge in [-0.15, -0.1) is 0 Å². The number of para-hydroxylation sites is 1. The molecule has 0 unspecified atom stereocenters. The van der Waals surface area contributed by atoms with Crippen LogP contribution in [0.4, 0.5) is 5.69 Å². The Balaban J connectivity index is 1.55. The average Bonchev–Trinajstić information content (AvgIpc) is 2.72. The number of carboxylic acids is 1. The number of carbonyl (C=O) groups excluding carboxylic acids is 1. The van der Waals surface area contributed by atoms with Gasteiger partial charge in [0.1, 0.15) is 5.75 Å². The molecule has 3 rings (SSSR count). The SMILES string of the molecule is CN(C(=O)c1ccc(OCC(=O)O)cc1)C1CCN(c2ccccc2)CC1. The van der Waals surface area contributed by atoms with Gasteiger partial charge in [-0.3, -0.25) is 4.79 Å². The van der Waals surface area contributed by atoms with E-state index in [-0.39, 0.29) is 11.9 Å². The van der Waals surface area contributed by atoms with Gasteiger partial charge in [0.05, 0.1) is 0 Å². The maximum Gasteiger partial charge on any atom is 0.341 e. The van der Waals surface area contributed by atoms with Crippen LogP contribution in [0.5, 0.6) is 5.75 Å². The van der Waals surface area contributed by atoms with Crippen molar-refractivity contribution >= 4 is 17.6 Å². The number of rotatable bonds is 6. The minimum atomic E-state index is -1.03. The Morgan fingerprint density at radius 2 is 1.70 bits per heavy atom. The van der Waals surface area contributed by atoms with Crippen molar-refractivity contribution in [1.29, 1.82) is 0 Å². The summed E-state index contributed by atoms with van der Waals surface area (Å²) in [4.78, 5) is 27.5. The number of carbonyl (C=O) groups is 2. The summed E-state index contributed by atoms with van der Waals surface area (Å²) in [6.45, 7) is 1.45. The quantitative estimate of drug-likeness (QED) is 0.849. The molecule has 6 nitrogen and oxygen atoms in total. The van der Waals surface area contributed by atoms with Crippen molar-refractivity contribution in [1.82, 2.24) is 4.90 Å². The fourth-order valence-corrected chi connectivity index (χ4v) is 3.36. The van der Waals surface area contributed by atoms with Crippen molar-refractivity contribution in [2.75, 3.05) is 31.6 Å². The number of benzene rings is 2. The van der Waals surface area contributed by atoms with E-state index < -0.39 is 12.6 Å². The van der Waals surface area contributed by atoms with E-state index in [2.05, 4.69) is 17.0 Å². The van der Waals surface area contributed by atoms with Crippen molar-refractivity contribution in [3.63, 3.8) is 0 Å². The average molecular weight is 368 g/mol. The van der Waals surface area contributed by atoms with Gasteiger partial charge in [0.25, 0.3) is 5.91 Å². The van der Waals surface area contributed by atoms with Crippen molar-refractivity contribution in [3.8, 4) is 5.75 Å². The van der Waals surface area contributed by atoms with Gasteiger partial charge in [0, 0.05) is 37.4 Å². The smallest absolute Gasteiger partial charge is 0.341 e. The molecule has 0 aliphatic carbocycles. The fraction of sp³-hybridized carbons (Fsp3) is 0.333. The molecular formula is C21H24N2O4. The van der Waals surface area contributed by atoms with Crippen LogP contribution in [0.3, 0.4) is 0 Å². The zero-order chi connectivity index (χ0) is 19.2. The molecule has 2 aromatic rings. The number of anilines is 1. The topological polar surface area (TPSA) is 70.1 Å². The molecule has 0 atom stereocenters. The summed E-state index contributed by atoms with van der Waals surface area (Å²) in [6.07, 6.45) is 1.86. The standard InChI is InChI=1S/C21H24N2O4/c1-22(17-11-13-23(14-12-17)18-5-3-2-4-6-18)21(26)16-7-9-19(10-8-16)27-15-20(24)25/h2-10,17H,11-15H2,1H3,(H,24,25). The number of piperidine rings is 1. The summed E-state index contributed by atoms with van der Waals surface area (Å²) in [7, 11) is 1.85. The molecule has 0 aromatic heterocycles. The Labute approximate surface area is 159 Å². The maximum atomic E-state index is 12.8. The van der Waals surface area contributed by atoms with E-state index in [0.29, 0.717) is 11.3 Å². The number of ether oxygens (including phenoxy) is 1. The van der Waals surface area contributed by atoms with E-state index in [1.165, 1.54) is 5.69 Å². The first-order chi connectivity index (χ1) is 13.0. The lowest BCUT2D eigenvalue weighted by Gasteiger charge is -2.38. The Morgan fingerprint density at radius 3 is 2.30 bits per heavy atom. The van der Waals surface area contributed by atoms with Gasteiger partial charge < -0.3 is 19.6 Å². The summed E-state index contributed by atoms with van der Waals surface area (Å²) < 4.78 is 5.10. The van der Waals surface area contributed by atoms with Crippen LogP contribution in [0, 0.1) is 0 Å². The number of hydrogen-bond donors (Lipinski definition) is 1. The van der Waals surface area contributed by atoms with E-state index in [9.17, 15) is 9.59 Å². The molecule has 0 spiro atoms. The van der Waals surface area contributed by atoms with E-state index in [1.54, 1.807) is 24.3 Å². The molecule has 1 fully saturated rings. The summed E-state index contributed by atoms with van der Waals surface area (Å²) >= 11 is 0. The number of hydrogen-bond acceptors (Lipinski definition) is 4. The molecule has 1 aliphatic rings. The summed E-state index contributed by atoms with van der Waals surface area (Å²) in [5, 5.41) is 8.64. The van der Waals surface area contributed by atoms with E-state index >= 15 is 0 Å². The third-order valence-electron chi connectivity index (χ3n) is 4.92. The maximum absolute atomic E-state index is 12.8. The Hall–Kier alpha value is -3.02. The molecule has 6 heteroatoms. The predicted octanol–water partition coefficient (Wildman–Crippen LogP) is 2.89. The van der Waals surface area contributed by atoms with Crippen LogP contribution in [0.25, 0.3) is 0 Å². The van der Waals surface area contributed by atoms with Crippen molar-refractivity contribution in [2.45, 2.75) is 18.9 Å². The molecular weight excluding hydrogens is 344 g/mol. The molecule has 1 amide bonds. The largest absolute Gasteiger partial charge is 0.482 e. The van der Waals surface area contributed by atoms with E-state index in [1.807, 2.05) is 30.1 Å². The number of aliphatic carboxylic acids is 1. The van der Waals surface area contributed by atoms with Crippen molar-refractivity contribution in [3.05, 3.63) is 60.2 Å². The summed E-state index contributed by atoms with van der Waals surface area (Å²) in [5.74, 6) is -0.623. The lowest BCUT2D eigenvalue weighted by atomic mass is 10.0. The van der Waals surface area contributed by atoms with Gasteiger partial charge >= 0.3 is 5.97 Å². The second kappa shape index (κ2) is 8.58. The minimum Gasteiger partial charge on any atom is -0.482 e. The molecule has 2 aromatic carbocycles.